The summed E-state index contributed by atoms with van der Waals surface area (Å²) < 4.78 is 0. The van der Waals surface area contributed by atoms with Gasteiger partial charge in [0.05, 0.1) is 0 Å². The van der Waals surface area contributed by atoms with E-state index in [1.165, 1.54) is 17.5 Å². The minimum atomic E-state index is 0.687. The second-order valence-corrected chi connectivity index (χ2v) is 5.28. The van der Waals surface area contributed by atoms with E-state index in [1.807, 2.05) is 0 Å². The van der Waals surface area contributed by atoms with Crippen LogP contribution in [0.5, 0.6) is 0 Å². The number of halogens is 1. The molecule has 0 aliphatic carbocycles. The average molecular weight is 253 g/mol. The Bertz CT molecular complexity index is 374. The van der Waals surface area contributed by atoms with E-state index in [2.05, 4.69) is 42.3 Å². The molecule has 3 heteroatoms. The van der Waals surface area contributed by atoms with E-state index >= 15 is 0 Å². The number of hydrogen-bond acceptors (Lipinski definition) is 2. The fourth-order valence-corrected chi connectivity index (χ4v) is 2.50. The molecule has 1 N–H and O–H groups in total. The highest BCUT2D eigenvalue weighted by molar-refractivity contribution is 6.31. The molecule has 1 aliphatic rings. The van der Waals surface area contributed by atoms with Gasteiger partial charge in [-0.3, -0.25) is 4.90 Å². The van der Waals surface area contributed by atoms with Crippen molar-refractivity contribution in [1.29, 1.82) is 0 Å². The maximum absolute atomic E-state index is 6.30. The first-order valence-electron chi connectivity index (χ1n) is 6.40. The van der Waals surface area contributed by atoms with Gasteiger partial charge in [-0.1, -0.05) is 30.7 Å². The van der Waals surface area contributed by atoms with Gasteiger partial charge in [0.2, 0.25) is 0 Å². The van der Waals surface area contributed by atoms with Crippen LogP contribution in [0.15, 0.2) is 18.2 Å². The molecule has 1 saturated heterocycles. The molecule has 0 radical (unpaired) electrons. The topological polar surface area (TPSA) is 15.3 Å². The maximum Gasteiger partial charge on any atom is 0.0453 e. The fourth-order valence-electron chi connectivity index (χ4n) is 2.21. The van der Waals surface area contributed by atoms with Gasteiger partial charge in [0.25, 0.3) is 0 Å². The highest BCUT2D eigenvalue weighted by atomic mass is 35.5. The zero-order valence-corrected chi connectivity index (χ0v) is 11.4. The average Bonchev–Trinajstić information content (AvgIpc) is 2.20. The third kappa shape index (κ3) is 3.21. The monoisotopic (exact) mass is 252 g/mol. The highest BCUT2D eigenvalue weighted by Gasteiger charge is 2.24. The molecule has 94 valence electrons. The molecule has 1 fully saturated rings. The number of nitrogens with one attached hydrogen (secondary N) is 1. The zero-order valence-electron chi connectivity index (χ0n) is 10.7. The fraction of sp³-hybridized carbons (Fsp3) is 0.571. The van der Waals surface area contributed by atoms with Crippen LogP contribution in [0.3, 0.4) is 0 Å². The van der Waals surface area contributed by atoms with Gasteiger partial charge in [-0.05, 0) is 37.1 Å². The second-order valence-electron chi connectivity index (χ2n) is 4.88. The molecule has 0 atom stereocenters. The van der Waals surface area contributed by atoms with Gasteiger partial charge >= 0.3 is 0 Å². The molecule has 0 amide bonds. The van der Waals surface area contributed by atoms with Crippen LogP contribution < -0.4 is 5.32 Å². The Labute approximate surface area is 109 Å². The lowest BCUT2D eigenvalue weighted by atomic mass is 10.1. The van der Waals surface area contributed by atoms with Crippen LogP contribution in [-0.2, 0) is 6.54 Å². The summed E-state index contributed by atoms with van der Waals surface area (Å²) in [5, 5.41) is 4.24. The Morgan fingerprint density at radius 1 is 1.41 bits per heavy atom. The molecular formula is C14H21ClN2. The van der Waals surface area contributed by atoms with Gasteiger partial charge in [0, 0.05) is 30.7 Å². The van der Waals surface area contributed by atoms with Crippen molar-refractivity contribution in [2.45, 2.75) is 32.9 Å². The van der Waals surface area contributed by atoms with Gasteiger partial charge in [-0.15, -0.1) is 0 Å². The predicted octanol–water partition coefficient (Wildman–Crippen LogP) is 2.83. The maximum atomic E-state index is 6.30. The Morgan fingerprint density at radius 2 is 2.18 bits per heavy atom. The van der Waals surface area contributed by atoms with E-state index in [0.29, 0.717) is 6.04 Å². The molecule has 1 aromatic rings. The summed E-state index contributed by atoms with van der Waals surface area (Å²) in [6.07, 6.45) is 1.19. The molecule has 0 bridgehead atoms. The van der Waals surface area contributed by atoms with Crippen molar-refractivity contribution in [2.75, 3.05) is 19.6 Å². The zero-order chi connectivity index (χ0) is 12.3. The third-order valence-corrected chi connectivity index (χ3v) is 3.72. The Balaban J connectivity index is 2.05. The summed E-state index contributed by atoms with van der Waals surface area (Å²) in [4.78, 5) is 2.53. The first kappa shape index (κ1) is 12.9. The van der Waals surface area contributed by atoms with Crippen LogP contribution in [0, 0.1) is 6.92 Å². The van der Waals surface area contributed by atoms with Crippen molar-refractivity contribution in [3.63, 3.8) is 0 Å². The van der Waals surface area contributed by atoms with E-state index in [9.17, 15) is 0 Å². The van der Waals surface area contributed by atoms with Gasteiger partial charge in [0.15, 0.2) is 0 Å². The molecule has 2 nitrogen and oxygen atoms in total. The summed E-state index contributed by atoms with van der Waals surface area (Å²) in [7, 11) is 0. The van der Waals surface area contributed by atoms with Gasteiger partial charge in [-0.25, -0.2) is 0 Å². The van der Waals surface area contributed by atoms with Crippen LogP contribution in [-0.4, -0.2) is 30.6 Å². The summed E-state index contributed by atoms with van der Waals surface area (Å²) in [6.45, 7) is 8.66. The molecule has 0 saturated carbocycles. The molecule has 1 aliphatic heterocycles. The lowest BCUT2D eigenvalue weighted by Gasteiger charge is -2.38. The number of aryl methyl sites for hydroxylation is 1. The van der Waals surface area contributed by atoms with Crippen LogP contribution in [0.4, 0.5) is 0 Å². The second kappa shape index (κ2) is 5.85. The molecule has 0 aromatic heterocycles. The van der Waals surface area contributed by atoms with Crippen molar-refractivity contribution >= 4 is 11.6 Å². The smallest absolute Gasteiger partial charge is 0.0453 e. The molecule has 0 spiro atoms. The van der Waals surface area contributed by atoms with Gasteiger partial charge in [0.1, 0.15) is 0 Å². The third-order valence-electron chi connectivity index (χ3n) is 3.37. The Kier molecular flexibility index (Phi) is 4.43. The minimum absolute atomic E-state index is 0.687. The summed E-state index contributed by atoms with van der Waals surface area (Å²) in [5.41, 5.74) is 2.48. The highest BCUT2D eigenvalue weighted by Crippen LogP contribution is 2.21. The molecule has 0 unspecified atom stereocenters. The molecule has 1 aromatic carbocycles. The number of nitrogens with zero attached hydrogens (tertiary/aromatic N) is 1. The van der Waals surface area contributed by atoms with E-state index in [-0.39, 0.29) is 0 Å². The van der Waals surface area contributed by atoms with Gasteiger partial charge in [-0.2, -0.15) is 0 Å². The number of rotatable bonds is 5. The summed E-state index contributed by atoms with van der Waals surface area (Å²) in [5.74, 6) is 0. The van der Waals surface area contributed by atoms with E-state index < -0.39 is 0 Å². The SMILES string of the molecule is CCCN(Cc1ccc(C)cc1Cl)C1CNC1. The lowest BCUT2D eigenvalue weighted by molar-refractivity contribution is 0.138. The Hall–Kier alpha value is -0.570. The van der Waals surface area contributed by atoms with E-state index in [4.69, 9.17) is 11.6 Å². The van der Waals surface area contributed by atoms with Crippen LogP contribution in [0.1, 0.15) is 24.5 Å². The molecule has 17 heavy (non-hydrogen) atoms. The molecule has 2 rings (SSSR count). The molecular weight excluding hydrogens is 232 g/mol. The Morgan fingerprint density at radius 3 is 2.71 bits per heavy atom. The first-order valence-corrected chi connectivity index (χ1v) is 6.78. The normalized spacial score (nSPS) is 16.2. The van der Waals surface area contributed by atoms with E-state index in [0.717, 1.165) is 31.2 Å². The summed E-state index contributed by atoms with van der Waals surface area (Å²) >= 11 is 6.30. The standard InChI is InChI=1S/C14H21ClN2/c1-3-6-17(13-8-16-9-13)10-12-5-4-11(2)7-14(12)15/h4-5,7,13,16H,3,6,8-10H2,1-2H3. The number of hydrogen-bond donors (Lipinski definition) is 1. The van der Waals surface area contributed by atoms with Crippen molar-refractivity contribution in [1.82, 2.24) is 10.2 Å². The lowest BCUT2D eigenvalue weighted by Crippen LogP contribution is -2.56. The van der Waals surface area contributed by atoms with Crippen LogP contribution in [0.25, 0.3) is 0 Å². The van der Waals surface area contributed by atoms with Crippen molar-refractivity contribution in [2.24, 2.45) is 0 Å². The quantitative estimate of drug-likeness (QED) is 0.867. The van der Waals surface area contributed by atoms with Gasteiger partial charge < -0.3 is 5.32 Å². The van der Waals surface area contributed by atoms with Crippen molar-refractivity contribution in [3.8, 4) is 0 Å². The number of benzene rings is 1. The van der Waals surface area contributed by atoms with Crippen molar-refractivity contribution < 1.29 is 0 Å². The van der Waals surface area contributed by atoms with Crippen LogP contribution in [0.2, 0.25) is 5.02 Å². The predicted molar refractivity (Wildman–Crippen MR) is 73.5 cm³/mol. The molecule has 1 heterocycles. The first-order chi connectivity index (χ1) is 8.20. The minimum Gasteiger partial charge on any atom is -0.314 e. The summed E-state index contributed by atoms with van der Waals surface area (Å²) in [6, 6.07) is 7.05. The van der Waals surface area contributed by atoms with Crippen molar-refractivity contribution in [3.05, 3.63) is 34.3 Å². The van der Waals surface area contributed by atoms with E-state index in [1.54, 1.807) is 0 Å². The van der Waals surface area contributed by atoms with Crippen LogP contribution >= 0.6 is 11.6 Å². The largest absolute Gasteiger partial charge is 0.314 e.